The van der Waals surface area contributed by atoms with Gasteiger partial charge in [-0.2, -0.15) is 0 Å². The maximum Gasteiger partial charge on any atom is 0.160 e. The van der Waals surface area contributed by atoms with E-state index in [1.807, 2.05) is 54.1 Å². The van der Waals surface area contributed by atoms with Crippen LogP contribution < -0.4 is 0 Å². The number of benzene rings is 6. The predicted octanol–water partition coefficient (Wildman–Crippen LogP) is 12.8. The number of nitrogens with zero attached hydrogens (tertiary/aromatic N) is 4. The summed E-state index contributed by atoms with van der Waals surface area (Å²) in [6.45, 7) is 0. The molecule has 0 aliphatic heterocycles. The molecular weight excluding hydrogens is 665 g/mol. The van der Waals surface area contributed by atoms with E-state index >= 15 is 0 Å². The molecular formula is C48H30N4S. The molecule has 10 aromatic rings. The molecule has 10 rings (SSSR count). The van der Waals surface area contributed by atoms with E-state index in [4.69, 9.17) is 9.97 Å². The lowest BCUT2D eigenvalue weighted by Crippen LogP contribution is -1.96. The Morgan fingerprint density at radius 3 is 1.91 bits per heavy atom. The highest BCUT2D eigenvalue weighted by molar-refractivity contribution is 7.25. The fourth-order valence-electron chi connectivity index (χ4n) is 7.19. The summed E-state index contributed by atoms with van der Waals surface area (Å²) in [5, 5.41) is 3.62. The third-order valence-corrected chi connectivity index (χ3v) is 11.0. The lowest BCUT2D eigenvalue weighted by molar-refractivity contribution is 1.18. The van der Waals surface area contributed by atoms with Crippen LogP contribution in [0.5, 0.6) is 0 Å². The number of rotatable bonds is 6. The van der Waals surface area contributed by atoms with Gasteiger partial charge in [0.1, 0.15) is 0 Å². The number of fused-ring (bicyclic) bond motifs is 4. The lowest BCUT2D eigenvalue weighted by atomic mass is 9.92. The van der Waals surface area contributed by atoms with Gasteiger partial charge in [0.2, 0.25) is 0 Å². The molecule has 4 nitrogen and oxygen atoms in total. The standard InChI is InChI=1S/C48H30N4S/c1-2-9-33(10-3-1)48-51-44(34-21-22-47-42(28-34)41-12-4-5-16-46(41)53-47)29-45(52-48)38-26-36(32-19-17-31(18-20-32)35-11-7-23-49-30-35)25-37(27-38)39-13-6-15-43-40(39)14-8-24-50-43/h1-30H. The molecule has 0 bridgehead atoms. The molecule has 4 heterocycles. The Bertz CT molecular complexity index is 2930. The summed E-state index contributed by atoms with van der Waals surface area (Å²) in [6, 6.07) is 57.8. The summed E-state index contributed by atoms with van der Waals surface area (Å²) in [7, 11) is 0. The zero-order valence-corrected chi connectivity index (χ0v) is 29.3. The van der Waals surface area contributed by atoms with Gasteiger partial charge in [0.15, 0.2) is 5.82 Å². The average Bonchev–Trinajstić information content (AvgIpc) is 3.62. The molecule has 0 radical (unpaired) electrons. The zero-order valence-electron chi connectivity index (χ0n) is 28.5. The van der Waals surface area contributed by atoms with Crippen LogP contribution in [0.15, 0.2) is 182 Å². The Morgan fingerprint density at radius 1 is 0.377 bits per heavy atom. The van der Waals surface area contributed by atoms with Crippen molar-refractivity contribution in [3.8, 4) is 67.3 Å². The monoisotopic (exact) mass is 694 g/mol. The molecule has 0 fully saturated rings. The molecule has 0 saturated heterocycles. The third-order valence-electron chi connectivity index (χ3n) is 9.83. The van der Waals surface area contributed by atoms with Crippen molar-refractivity contribution in [2.75, 3.05) is 0 Å². The zero-order chi connectivity index (χ0) is 35.1. The summed E-state index contributed by atoms with van der Waals surface area (Å²) >= 11 is 1.82. The fraction of sp³-hybridized carbons (Fsp3) is 0. The SMILES string of the molecule is c1ccc(-c2nc(-c3cc(-c4ccc(-c5cccnc5)cc4)cc(-c4cccc5ncccc45)c3)cc(-c3ccc4sc5ccccc5c4c3)n2)cc1. The first-order chi connectivity index (χ1) is 26.2. The number of aromatic nitrogens is 4. The predicted molar refractivity (Wildman–Crippen MR) is 221 cm³/mol. The Labute approximate surface area is 310 Å². The average molecular weight is 695 g/mol. The normalized spacial score (nSPS) is 11.4. The minimum atomic E-state index is 0.690. The maximum atomic E-state index is 5.26. The maximum absolute atomic E-state index is 5.26. The summed E-state index contributed by atoms with van der Waals surface area (Å²) in [5.74, 6) is 0.690. The molecule has 0 N–H and O–H groups in total. The molecule has 5 heteroatoms. The Hall–Kier alpha value is -6.82. The molecule has 0 atom stereocenters. The first-order valence-corrected chi connectivity index (χ1v) is 18.4. The first kappa shape index (κ1) is 31.0. The van der Waals surface area contributed by atoms with Crippen molar-refractivity contribution in [3.63, 3.8) is 0 Å². The molecule has 0 unspecified atom stereocenters. The van der Waals surface area contributed by atoms with Crippen LogP contribution in [0.25, 0.3) is 98.4 Å². The second kappa shape index (κ2) is 13.1. The Morgan fingerprint density at radius 2 is 1.06 bits per heavy atom. The molecule has 53 heavy (non-hydrogen) atoms. The lowest BCUT2D eigenvalue weighted by Gasteiger charge is -2.14. The molecule has 4 aromatic heterocycles. The van der Waals surface area contributed by atoms with Crippen molar-refractivity contribution in [2.24, 2.45) is 0 Å². The van der Waals surface area contributed by atoms with Crippen molar-refractivity contribution in [1.82, 2.24) is 19.9 Å². The van der Waals surface area contributed by atoms with Crippen molar-refractivity contribution >= 4 is 42.4 Å². The minimum absolute atomic E-state index is 0.690. The summed E-state index contributed by atoms with van der Waals surface area (Å²) in [6.07, 6.45) is 5.55. The van der Waals surface area contributed by atoms with Gasteiger partial charge in [-0.05, 0) is 94.0 Å². The highest BCUT2D eigenvalue weighted by Gasteiger charge is 2.16. The molecule has 0 saturated carbocycles. The smallest absolute Gasteiger partial charge is 0.160 e. The highest BCUT2D eigenvalue weighted by atomic mass is 32.1. The van der Waals surface area contributed by atoms with Gasteiger partial charge in [0.25, 0.3) is 0 Å². The molecule has 0 aliphatic carbocycles. The third kappa shape index (κ3) is 5.83. The van der Waals surface area contributed by atoms with E-state index < -0.39 is 0 Å². The Kier molecular flexibility index (Phi) is 7.63. The van der Waals surface area contributed by atoms with Crippen LogP contribution in [0.3, 0.4) is 0 Å². The molecule has 0 aliphatic rings. The van der Waals surface area contributed by atoms with E-state index in [0.717, 1.165) is 72.4 Å². The van der Waals surface area contributed by atoms with Gasteiger partial charge >= 0.3 is 0 Å². The number of thiophene rings is 1. The number of hydrogen-bond acceptors (Lipinski definition) is 5. The van der Waals surface area contributed by atoms with Gasteiger partial charge in [-0.1, -0.05) is 103 Å². The van der Waals surface area contributed by atoms with E-state index in [1.165, 1.54) is 20.2 Å². The number of pyridine rings is 2. The van der Waals surface area contributed by atoms with Gasteiger partial charge in [0.05, 0.1) is 16.9 Å². The van der Waals surface area contributed by atoms with Crippen molar-refractivity contribution in [3.05, 3.63) is 182 Å². The van der Waals surface area contributed by atoms with Crippen LogP contribution in [-0.4, -0.2) is 19.9 Å². The second-order valence-electron chi connectivity index (χ2n) is 13.1. The van der Waals surface area contributed by atoms with Crippen LogP contribution in [0.2, 0.25) is 0 Å². The van der Waals surface area contributed by atoms with Gasteiger partial charge in [0, 0.05) is 60.8 Å². The minimum Gasteiger partial charge on any atom is -0.264 e. The van der Waals surface area contributed by atoms with Crippen molar-refractivity contribution in [2.45, 2.75) is 0 Å². The van der Waals surface area contributed by atoms with Crippen LogP contribution >= 0.6 is 11.3 Å². The van der Waals surface area contributed by atoms with Gasteiger partial charge < -0.3 is 0 Å². The quantitative estimate of drug-likeness (QED) is 0.174. The fourth-order valence-corrected chi connectivity index (χ4v) is 8.27. The summed E-state index contributed by atoms with van der Waals surface area (Å²) in [5.41, 5.74) is 12.4. The molecule has 248 valence electrons. The first-order valence-electron chi connectivity index (χ1n) is 17.6. The van der Waals surface area contributed by atoms with Crippen LogP contribution in [0.4, 0.5) is 0 Å². The highest BCUT2D eigenvalue weighted by Crippen LogP contribution is 2.39. The van der Waals surface area contributed by atoms with E-state index in [0.29, 0.717) is 5.82 Å². The molecule has 6 aromatic carbocycles. The van der Waals surface area contributed by atoms with Crippen molar-refractivity contribution in [1.29, 1.82) is 0 Å². The topological polar surface area (TPSA) is 51.6 Å². The Balaban J connectivity index is 1.18. The molecule has 0 spiro atoms. The van der Waals surface area contributed by atoms with Gasteiger partial charge in [-0.25, -0.2) is 9.97 Å². The van der Waals surface area contributed by atoms with E-state index in [2.05, 4.69) is 143 Å². The summed E-state index contributed by atoms with van der Waals surface area (Å²) in [4.78, 5) is 19.4. The molecule has 0 amide bonds. The van der Waals surface area contributed by atoms with Crippen LogP contribution in [0, 0.1) is 0 Å². The van der Waals surface area contributed by atoms with Crippen molar-refractivity contribution < 1.29 is 0 Å². The van der Waals surface area contributed by atoms with Crippen LogP contribution in [0.1, 0.15) is 0 Å². The van der Waals surface area contributed by atoms with E-state index in [1.54, 1.807) is 6.20 Å². The van der Waals surface area contributed by atoms with Gasteiger partial charge in [-0.3, -0.25) is 9.97 Å². The van der Waals surface area contributed by atoms with E-state index in [9.17, 15) is 0 Å². The van der Waals surface area contributed by atoms with Gasteiger partial charge in [-0.15, -0.1) is 11.3 Å². The second-order valence-corrected chi connectivity index (χ2v) is 14.2. The van der Waals surface area contributed by atoms with Crippen LogP contribution in [-0.2, 0) is 0 Å². The number of hydrogen-bond donors (Lipinski definition) is 0. The summed E-state index contributed by atoms with van der Waals surface area (Å²) < 4.78 is 2.55. The van der Waals surface area contributed by atoms with E-state index in [-0.39, 0.29) is 0 Å². The largest absolute Gasteiger partial charge is 0.264 e.